The molecule has 0 saturated heterocycles. The molecule has 0 bridgehead atoms. The fraction of sp³-hybridized carbons (Fsp3) is 0.297. The maximum Gasteiger partial charge on any atom is 0.331 e. The van der Waals surface area contributed by atoms with E-state index in [1.165, 1.54) is 46.4 Å². The molecule has 0 aliphatic heterocycles. The molecule has 3 aromatic rings. The van der Waals surface area contributed by atoms with Crippen molar-refractivity contribution in [2.24, 2.45) is 10.3 Å². The highest BCUT2D eigenvalue weighted by Gasteiger charge is 2.31. The van der Waals surface area contributed by atoms with Crippen LogP contribution in [0.25, 0.3) is 0 Å². The van der Waals surface area contributed by atoms with Gasteiger partial charge in [0.25, 0.3) is 11.8 Å². The number of hydroxylamine groups is 4. The Morgan fingerprint density at radius 2 is 0.943 bits per heavy atom. The predicted molar refractivity (Wildman–Crippen MR) is 198 cm³/mol. The summed E-state index contributed by atoms with van der Waals surface area (Å²) in [5.41, 5.74) is 2.49. The minimum atomic E-state index is -0.905. The van der Waals surface area contributed by atoms with Crippen LogP contribution < -0.4 is 0 Å². The van der Waals surface area contributed by atoms with Crippen LogP contribution >= 0.6 is 24.4 Å². The van der Waals surface area contributed by atoms with Gasteiger partial charge >= 0.3 is 23.9 Å². The lowest BCUT2D eigenvalue weighted by atomic mass is 9.94. The summed E-state index contributed by atoms with van der Waals surface area (Å²) >= 11 is 5.87. The molecule has 53 heavy (non-hydrogen) atoms. The molecule has 2 atom stereocenters. The Morgan fingerprint density at radius 3 is 1.25 bits per heavy atom. The van der Waals surface area contributed by atoms with E-state index in [9.17, 15) is 28.8 Å². The summed E-state index contributed by atoms with van der Waals surface area (Å²) in [6, 6.07) is 18.9. The van der Waals surface area contributed by atoms with Gasteiger partial charge in [-0.15, -0.1) is 24.4 Å². The van der Waals surface area contributed by atoms with Gasteiger partial charge < -0.3 is 19.4 Å². The molecule has 0 spiro atoms. The van der Waals surface area contributed by atoms with E-state index in [1.54, 1.807) is 60.7 Å². The van der Waals surface area contributed by atoms with Gasteiger partial charge in [0.1, 0.15) is 12.1 Å². The van der Waals surface area contributed by atoms with Crippen molar-refractivity contribution in [3.8, 4) is 0 Å². The number of nitrogens with zero attached hydrogens (tertiary/aromatic N) is 4. The first-order valence-corrected chi connectivity index (χ1v) is 17.8. The van der Waals surface area contributed by atoms with Gasteiger partial charge in [-0.05, 0) is 52.8 Å². The summed E-state index contributed by atoms with van der Waals surface area (Å²) in [4.78, 5) is 95.8. The molecule has 280 valence electrons. The van der Waals surface area contributed by atoms with Crippen molar-refractivity contribution in [1.82, 2.24) is 10.1 Å². The Bertz CT molecular complexity index is 1860. The third-order valence-electron chi connectivity index (χ3n) is 7.31. The molecular formula is C37H40N4O10S2. The van der Waals surface area contributed by atoms with Gasteiger partial charge in [-0.25, -0.2) is 9.59 Å². The van der Waals surface area contributed by atoms with E-state index in [1.807, 2.05) is 18.4 Å². The predicted octanol–water partition coefficient (Wildman–Crippen LogP) is 6.15. The van der Waals surface area contributed by atoms with Gasteiger partial charge in [0.15, 0.2) is 0 Å². The van der Waals surface area contributed by atoms with Gasteiger partial charge in [0.05, 0.1) is 11.4 Å². The molecule has 2 unspecified atom stereocenters. The minimum absolute atomic E-state index is 0.0638. The highest BCUT2D eigenvalue weighted by Crippen LogP contribution is 2.31. The minimum Gasteiger partial charge on any atom is -0.338 e. The normalized spacial score (nSPS) is 12.5. The largest absolute Gasteiger partial charge is 0.338 e. The van der Waals surface area contributed by atoms with Crippen LogP contribution in [0.3, 0.4) is 0 Å². The lowest BCUT2D eigenvalue weighted by molar-refractivity contribution is -0.204. The van der Waals surface area contributed by atoms with Gasteiger partial charge in [-0.2, -0.15) is 10.1 Å². The molecule has 16 heteroatoms. The summed E-state index contributed by atoms with van der Waals surface area (Å²) in [5.74, 6) is -3.97. The molecule has 2 amide bonds. The number of hydrogen-bond donors (Lipinski definition) is 1. The van der Waals surface area contributed by atoms with Crippen molar-refractivity contribution >= 4 is 71.5 Å². The molecule has 0 fully saturated rings. The molecule has 14 nitrogen and oxygen atoms in total. The zero-order valence-corrected chi connectivity index (χ0v) is 31.9. The standard InChI is InChI=1S/C37H40N4O10S2/c1-22(42)40(50-26(5)46)36(30-12-16-32(52)17-13-30)20-34(38-48-24(3)44)28-8-10-29(11-9-28)35(39-49-25(4)45)21-37(41(23(2)43)51-27(6)47)31-14-18-33(53-7)19-15-31/h8-19,36-37,52H,20-21H2,1-7H3/b38-34+,39-35+. The number of thiol groups is 1. The highest BCUT2D eigenvalue weighted by molar-refractivity contribution is 7.98. The Labute approximate surface area is 316 Å². The monoisotopic (exact) mass is 764 g/mol. The number of carbonyl (C=O) groups is 6. The summed E-state index contributed by atoms with van der Waals surface area (Å²) in [6.45, 7) is 7.19. The maximum atomic E-state index is 12.8. The zero-order valence-electron chi connectivity index (χ0n) is 30.2. The second-order valence-electron chi connectivity index (χ2n) is 11.5. The Balaban J connectivity index is 2.13. The fourth-order valence-electron chi connectivity index (χ4n) is 5.04. The van der Waals surface area contributed by atoms with Crippen molar-refractivity contribution in [3.63, 3.8) is 0 Å². The molecular weight excluding hydrogens is 725 g/mol. The topological polar surface area (TPSA) is 171 Å². The van der Waals surface area contributed by atoms with E-state index in [2.05, 4.69) is 22.9 Å². The molecule has 3 aromatic carbocycles. The second-order valence-corrected chi connectivity index (χ2v) is 12.9. The van der Waals surface area contributed by atoms with E-state index < -0.39 is 47.8 Å². The van der Waals surface area contributed by atoms with Gasteiger partial charge in [0, 0.05) is 64.2 Å². The number of benzene rings is 3. The van der Waals surface area contributed by atoms with Crippen LogP contribution in [-0.2, 0) is 48.1 Å². The summed E-state index contributed by atoms with van der Waals surface area (Å²) in [7, 11) is 0. The number of rotatable bonds is 13. The van der Waals surface area contributed by atoms with Gasteiger partial charge in [-0.3, -0.25) is 19.2 Å². The highest BCUT2D eigenvalue weighted by atomic mass is 32.2. The van der Waals surface area contributed by atoms with E-state index in [-0.39, 0.29) is 24.3 Å². The molecule has 0 aliphatic carbocycles. The van der Waals surface area contributed by atoms with Crippen LogP contribution in [0.5, 0.6) is 0 Å². The van der Waals surface area contributed by atoms with Crippen LogP contribution in [0.1, 0.15) is 88.7 Å². The van der Waals surface area contributed by atoms with Crippen molar-refractivity contribution in [1.29, 1.82) is 0 Å². The van der Waals surface area contributed by atoms with Crippen LogP contribution in [0.4, 0.5) is 0 Å². The maximum absolute atomic E-state index is 12.8. The molecule has 0 heterocycles. The molecule has 0 aromatic heterocycles. The number of amides is 2. The molecule has 0 radical (unpaired) electrons. The quantitative estimate of drug-likeness (QED) is 0.0697. The first-order valence-electron chi connectivity index (χ1n) is 16.1. The number of carbonyl (C=O) groups excluding carboxylic acids is 6. The van der Waals surface area contributed by atoms with E-state index in [4.69, 9.17) is 19.4 Å². The number of hydrogen-bond acceptors (Lipinski definition) is 14. The first kappa shape index (κ1) is 41.9. The van der Waals surface area contributed by atoms with Crippen molar-refractivity contribution in [2.75, 3.05) is 6.26 Å². The SMILES string of the molecule is CSc1ccc(C(C/C(=N\OC(C)=O)c2ccc(/C(CC(c3ccc(S)cc3)N(OC(C)=O)C(C)=O)=N/OC(C)=O)cc2)N(OC(C)=O)C(C)=O)cc1. The molecule has 0 saturated carbocycles. The lowest BCUT2D eigenvalue weighted by Gasteiger charge is -2.29. The summed E-state index contributed by atoms with van der Waals surface area (Å²) in [5, 5.41) is 10.1. The third kappa shape index (κ3) is 12.9. The number of oxime groups is 2. The molecule has 3 rings (SSSR count). The van der Waals surface area contributed by atoms with Crippen molar-refractivity contribution in [3.05, 3.63) is 95.1 Å². The lowest BCUT2D eigenvalue weighted by Crippen LogP contribution is -2.36. The van der Waals surface area contributed by atoms with E-state index >= 15 is 0 Å². The molecule has 0 aliphatic rings. The fourth-order valence-corrected chi connectivity index (χ4v) is 5.60. The Kier molecular flexibility index (Phi) is 15.8. The second kappa shape index (κ2) is 19.9. The molecule has 0 N–H and O–H groups in total. The van der Waals surface area contributed by atoms with Crippen molar-refractivity contribution in [2.45, 2.75) is 76.3 Å². The smallest absolute Gasteiger partial charge is 0.331 e. The van der Waals surface area contributed by atoms with Crippen LogP contribution in [0.2, 0.25) is 0 Å². The van der Waals surface area contributed by atoms with Crippen LogP contribution in [-0.4, -0.2) is 63.5 Å². The van der Waals surface area contributed by atoms with E-state index in [0.29, 0.717) is 27.1 Å². The first-order chi connectivity index (χ1) is 25.1. The van der Waals surface area contributed by atoms with Gasteiger partial charge in [0.2, 0.25) is 0 Å². The third-order valence-corrected chi connectivity index (χ3v) is 8.35. The summed E-state index contributed by atoms with van der Waals surface area (Å²) in [6.07, 6.45) is 1.78. The Hall–Kier alpha value is -5.48. The van der Waals surface area contributed by atoms with Crippen LogP contribution in [0, 0.1) is 0 Å². The van der Waals surface area contributed by atoms with Crippen molar-refractivity contribution < 1.29 is 48.1 Å². The average Bonchev–Trinajstić information content (AvgIpc) is 3.10. The number of thioether (sulfide) groups is 1. The summed E-state index contributed by atoms with van der Waals surface area (Å²) < 4.78 is 0. The Morgan fingerprint density at radius 1 is 0.585 bits per heavy atom. The van der Waals surface area contributed by atoms with E-state index in [0.717, 1.165) is 21.9 Å². The zero-order chi connectivity index (χ0) is 39.2. The average molecular weight is 765 g/mol. The van der Waals surface area contributed by atoms with Gasteiger partial charge in [-0.1, -0.05) is 58.8 Å². The van der Waals surface area contributed by atoms with Crippen LogP contribution in [0.15, 0.2) is 92.9 Å².